The Labute approximate surface area is 79.5 Å². The molecular weight excluding hydrogens is 172 g/mol. The molecule has 0 aliphatic rings. The first-order valence-electron chi connectivity index (χ1n) is 4.53. The quantitative estimate of drug-likeness (QED) is 0.572. The fraction of sp³-hybridized carbons (Fsp3) is 1.00. The van der Waals surface area contributed by atoms with Crippen molar-refractivity contribution in [1.82, 2.24) is 0 Å². The van der Waals surface area contributed by atoms with Gasteiger partial charge < -0.3 is 19.7 Å². The van der Waals surface area contributed by atoms with Crippen molar-refractivity contribution < 1.29 is 19.7 Å². The van der Waals surface area contributed by atoms with Crippen LogP contribution >= 0.6 is 0 Å². The molecule has 0 saturated heterocycles. The molecule has 0 unspecified atom stereocenters. The molecule has 0 aromatic rings. The van der Waals surface area contributed by atoms with Gasteiger partial charge in [-0.05, 0) is 12.3 Å². The zero-order chi connectivity index (χ0) is 10.3. The summed E-state index contributed by atoms with van der Waals surface area (Å²) in [6.07, 6.45) is -0.463. The van der Waals surface area contributed by atoms with E-state index in [9.17, 15) is 5.11 Å². The van der Waals surface area contributed by atoms with Gasteiger partial charge in [-0.2, -0.15) is 0 Å². The van der Waals surface area contributed by atoms with E-state index in [0.29, 0.717) is 6.42 Å². The van der Waals surface area contributed by atoms with Crippen LogP contribution in [0, 0.1) is 5.92 Å². The van der Waals surface area contributed by atoms with E-state index in [0.717, 1.165) is 0 Å². The van der Waals surface area contributed by atoms with Crippen molar-refractivity contribution in [3.8, 4) is 0 Å². The number of rotatable bonds is 7. The Morgan fingerprint density at radius 1 is 1.31 bits per heavy atom. The Morgan fingerprint density at radius 2 is 1.92 bits per heavy atom. The zero-order valence-corrected chi connectivity index (χ0v) is 8.56. The van der Waals surface area contributed by atoms with Crippen LogP contribution in [0.1, 0.15) is 20.3 Å². The van der Waals surface area contributed by atoms with Crippen molar-refractivity contribution in [1.29, 1.82) is 0 Å². The van der Waals surface area contributed by atoms with Crippen molar-refractivity contribution in [3.63, 3.8) is 0 Å². The van der Waals surface area contributed by atoms with Crippen LogP contribution in [0.5, 0.6) is 0 Å². The van der Waals surface area contributed by atoms with E-state index in [1.807, 2.05) is 13.8 Å². The summed E-state index contributed by atoms with van der Waals surface area (Å²) in [6, 6.07) is 0. The van der Waals surface area contributed by atoms with E-state index >= 15 is 0 Å². The molecule has 0 spiro atoms. The molecule has 0 saturated carbocycles. The molecule has 0 aromatic heterocycles. The standard InChI is InChI=1S/C9H20O4/c1-7(2)9(11)8(4-5-10)13-6-12-3/h7-11H,4-6H2,1-3H3/t8-,9+/m1/s1. The number of aliphatic hydroxyl groups excluding tert-OH is 2. The van der Waals surface area contributed by atoms with Gasteiger partial charge in [-0.25, -0.2) is 0 Å². The molecule has 0 bridgehead atoms. The highest BCUT2D eigenvalue weighted by Crippen LogP contribution is 2.12. The first-order chi connectivity index (χ1) is 6.13. The average molecular weight is 192 g/mol. The number of hydrogen-bond acceptors (Lipinski definition) is 4. The molecule has 0 heterocycles. The summed E-state index contributed by atoms with van der Waals surface area (Å²) in [6.45, 7) is 3.98. The third-order valence-corrected chi connectivity index (χ3v) is 1.88. The lowest BCUT2D eigenvalue weighted by Crippen LogP contribution is -2.34. The summed E-state index contributed by atoms with van der Waals surface area (Å²) in [7, 11) is 1.53. The van der Waals surface area contributed by atoms with Gasteiger partial charge in [-0.3, -0.25) is 0 Å². The van der Waals surface area contributed by atoms with Crippen LogP contribution in [-0.2, 0) is 9.47 Å². The molecule has 0 radical (unpaired) electrons. The zero-order valence-electron chi connectivity index (χ0n) is 8.56. The summed E-state index contributed by atoms with van der Waals surface area (Å²) < 4.78 is 9.96. The van der Waals surface area contributed by atoms with E-state index in [-0.39, 0.29) is 25.4 Å². The van der Waals surface area contributed by atoms with Gasteiger partial charge in [-0.1, -0.05) is 13.8 Å². The monoisotopic (exact) mass is 192 g/mol. The van der Waals surface area contributed by atoms with Gasteiger partial charge in [0.15, 0.2) is 0 Å². The fourth-order valence-electron chi connectivity index (χ4n) is 1.06. The van der Waals surface area contributed by atoms with Crippen LogP contribution in [-0.4, -0.2) is 42.9 Å². The second-order valence-corrected chi connectivity index (χ2v) is 3.36. The van der Waals surface area contributed by atoms with Gasteiger partial charge in [0, 0.05) is 13.7 Å². The minimum atomic E-state index is -0.553. The van der Waals surface area contributed by atoms with Crippen LogP contribution in [0.2, 0.25) is 0 Å². The SMILES string of the molecule is COCO[C@H](CCO)[C@@H](O)C(C)C. The van der Waals surface area contributed by atoms with E-state index in [4.69, 9.17) is 14.6 Å². The minimum absolute atomic E-state index is 0.0121. The molecule has 80 valence electrons. The lowest BCUT2D eigenvalue weighted by molar-refractivity contribution is -0.127. The molecule has 4 heteroatoms. The second kappa shape index (κ2) is 7.26. The summed E-state index contributed by atoms with van der Waals surface area (Å²) in [5.74, 6) is 0.119. The van der Waals surface area contributed by atoms with Crippen molar-refractivity contribution in [2.24, 2.45) is 5.92 Å². The van der Waals surface area contributed by atoms with Crippen molar-refractivity contribution in [2.45, 2.75) is 32.5 Å². The lowest BCUT2D eigenvalue weighted by Gasteiger charge is -2.24. The average Bonchev–Trinajstić information content (AvgIpc) is 2.11. The molecule has 0 fully saturated rings. The Balaban J connectivity index is 3.90. The molecule has 0 aliphatic heterocycles. The highest BCUT2D eigenvalue weighted by atomic mass is 16.7. The van der Waals surface area contributed by atoms with Gasteiger partial charge in [0.2, 0.25) is 0 Å². The predicted octanol–water partition coefficient (Wildman–Crippen LogP) is 0.375. The molecule has 0 rings (SSSR count). The summed E-state index contributed by atoms with van der Waals surface area (Å²) in [5.41, 5.74) is 0. The van der Waals surface area contributed by atoms with E-state index < -0.39 is 6.10 Å². The number of hydrogen-bond donors (Lipinski definition) is 2. The molecular formula is C9H20O4. The maximum absolute atomic E-state index is 9.65. The van der Waals surface area contributed by atoms with Crippen LogP contribution in [0.25, 0.3) is 0 Å². The largest absolute Gasteiger partial charge is 0.396 e. The molecule has 13 heavy (non-hydrogen) atoms. The molecule has 2 atom stereocenters. The van der Waals surface area contributed by atoms with Crippen LogP contribution in [0.15, 0.2) is 0 Å². The maximum Gasteiger partial charge on any atom is 0.146 e. The lowest BCUT2D eigenvalue weighted by atomic mass is 10.00. The Hall–Kier alpha value is -0.160. The summed E-state index contributed by atoms with van der Waals surface area (Å²) >= 11 is 0. The van der Waals surface area contributed by atoms with Crippen LogP contribution < -0.4 is 0 Å². The first kappa shape index (κ1) is 12.8. The van der Waals surface area contributed by atoms with E-state index in [1.165, 1.54) is 7.11 Å². The van der Waals surface area contributed by atoms with Gasteiger partial charge in [-0.15, -0.1) is 0 Å². The normalized spacial score (nSPS) is 16.2. The molecule has 4 nitrogen and oxygen atoms in total. The number of ether oxygens (including phenoxy) is 2. The van der Waals surface area contributed by atoms with Crippen LogP contribution in [0.3, 0.4) is 0 Å². The van der Waals surface area contributed by atoms with Gasteiger partial charge in [0.25, 0.3) is 0 Å². The third kappa shape index (κ3) is 5.21. The summed E-state index contributed by atoms with van der Waals surface area (Å²) in [4.78, 5) is 0. The molecule has 0 aliphatic carbocycles. The summed E-state index contributed by atoms with van der Waals surface area (Å²) in [5, 5.41) is 18.4. The smallest absolute Gasteiger partial charge is 0.146 e. The molecule has 0 aromatic carbocycles. The fourth-order valence-corrected chi connectivity index (χ4v) is 1.06. The Kier molecular flexibility index (Phi) is 7.17. The van der Waals surface area contributed by atoms with Crippen molar-refractivity contribution in [3.05, 3.63) is 0 Å². The highest BCUT2D eigenvalue weighted by molar-refractivity contribution is 4.71. The first-order valence-corrected chi connectivity index (χ1v) is 4.53. The van der Waals surface area contributed by atoms with E-state index in [2.05, 4.69) is 0 Å². The molecule has 0 amide bonds. The number of aliphatic hydroxyl groups is 2. The maximum atomic E-state index is 9.65. The highest BCUT2D eigenvalue weighted by Gasteiger charge is 2.22. The molecule has 2 N–H and O–H groups in total. The third-order valence-electron chi connectivity index (χ3n) is 1.88. The van der Waals surface area contributed by atoms with Gasteiger partial charge in [0.1, 0.15) is 6.79 Å². The minimum Gasteiger partial charge on any atom is -0.396 e. The van der Waals surface area contributed by atoms with Crippen LogP contribution in [0.4, 0.5) is 0 Å². The Morgan fingerprint density at radius 3 is 2.31 bits per heavy atom. The second-order valence-electron chi connectivity index (χ2n) is 3.36. The van der Waals surface area contributed by atoms with E-state index in [1.54, 1.807) is 0 Å². The predicted molar refractivity (Wildman–Crippen MR) is 49.3 cm³/mol. The van der Waals surface area contributed by atoms with Crippen molar-refractivity contribution >= 4 is 0 Å². The number of methoxy groups -OCH3 is 1. The topological polar surface area (TPSA) is 58.9 Å². The van der Waals surface area contributed by atoms with Crippen molar-refractivity contribution in [2.75, 3.05) is 20.5 Å². The van der Waals surface area contributed by atoms with Gasteiger partial charge >= 0.3 is 0 Å². The van der Waals surface area contributed by atoms with Gasteiger partial charge in [0.05, 0.1) is 12.2 Å². The Bertz CT molecular complexity index is 116.